The van der Waals surface area contributed by atoms with Crippen LogP contribution in [0.5, 0.6) is 0 Å². The Morgan fingerprint density at radius 3 is 2.42 bits per heavy atom. The van der Waals surface area contributed by atoms with E-state index in [4.69, 9.17) is 19.9 Å². The van der Waals surface area contributed by atoms with Gasteiger partial charge in [-0.25, -0.2) is 19.0 Å². The molecule has 204 valence electrons. The molecular weight excluding hydrogens is 509 g/mol. The summed E-state index contributed by atoms with van der Waals surface area (Å²) in [7, 11) is 2.20. The molecule has 2 aliphatic heterocycles. The Hall–Kier alpha value is -3.21. The van der Waals surface area contributed by atoms with Crippen molar-refractivity contribution in [1.29, 1.82) is 0 Å². The number of ether oxygens (including phenoxy) is 1. The maximum Gasteiger partial charge on any atom is 0.328 e. The van der Waals surface area contributed by atoms with Crippen LogP contribution in [-0.4, -0.2) is 76.4 Å². The number of hydrogen-bond acceptors (Lipinski definition) is 7. The van der Waals surface area contributed by atoms with Crippen molar-refractivity contribution in [2.24, 2.45) is 4.99 Å². The maximum absolute atomic E-state index is 12.9. The number of halogens is 1. The van der Waals surface area contributed by atoms with Crippen LogP contribution < -0.4 is 0 Å². The molecule has 0 spiro atoms. The summed E-state index contributed by atoms with van der Waals surface area (Å²) in [6.45, 7) is 4.62. The minimum Gasteiger partial charge on any atom is -0.478 e. The summed E-state index contributed by atoms with van der Waals surface area (Å²) >= 11 is 1.85. The van der Waals surface area contributed by atoms with E-state index in [-0.39, 0.29) is 5.82 Å². The molecule has 2 aliphatic rings. The fourth-order valence-corrected chi connectivity index (χ4v) is 5.23. The summed E-state index contributed by atoms with van der Waals surface area (Å²) in [6.07, 6.45) is 4.49. The van der Waals surface area contributed by atoms with Crippen molar-refractivity contribution in [3.63, 3.8) is 0 Å². The standard InChI is InChI=1S/C24H30FN3OS.C4H4O4/c1-27(24-26-23-6-3-2-5-20(23)18-30-24)22-11-14-28(15-12-22)13-4-16-29-17-19-7-9-21(25)10-8-19;5-3(6)1-2-4(7)8/h2-3,5-10,22H,4,11-18H2,1H3;1-2H,(H,5,6)(H,7,8). The molecular formula is C28H34FN3O5S. The molecule has 2 heterocycles. The van der Waals surface area contributed by atoms with Gasteiger partial charge in [0.2, 0.25) is 0 Å². The van der Waals surface area contributed by atoms with Crippen molar-refractivity contribution in [2.45, 2.75) is 37.7 Å². The smallest absolute Gasteiger partial charge is 0.328 e. The first kappa shape index (κ1) is 29.3. The molecule has 0 aliphatic carbocycles. The van der Waals surface area contributed by atoms with Gasteiger partial charge in [-0.05, 0) is 48.6 Å². The average Bonchev–Trinajstić information content (AvgIpc) is 2.93. The zero-order valence-corrected chi connectivity index (χ0v) is 22.3. The molecule has 38 heavy (non-hydrogen) atoms. The lowest BCUT2D eigenvalue weighted by Crippen LogP contribution is -2.45. The minimum absolute atomic E-state index is 0.202. The van der Waals surface area contributed by atoms with Crippen LogP contribution in [0.4, 0.5) is 10.1 Å². The molecule has 1 saturated heterocycles. The highest BCUT2D eigenvalue weighted by molar-refractivity contribution is 8.13. The van der Waals surface area contributed by atoms with Crippen LogP contribution in [-0.2, 0) is 26.7 Å². The Morgan fingerprint density at radius 1 is 1.11 bits per heavy atom. The molecule has 0 amide bonds. The third-order valence-corrected chi connectivity index (χ3v) is 7.38. The highest BCUT2D eigenvalue weighted by Gasteiger charge is 2.26. The van der Waals surface area contributed by atoms with Crippen LogP contribution in [0.25, 0.3) is 0 Å². The number of aliphatic imine (C=N–C) groups is 1. The van der Waals surface area contributed by atoms with E-state index in [1.54, 1.807) is 12.1 Å². The molecule has 1 fully saturated rings. The first-order chi connectivity index (χ1) is 18.3. The van der Waals surface area contributed by atoms with E-state index in [1.165, 1.54) is 30.5 Å². The number of aliphatic carboxylic acids is 2. The van der Waals surface area contributed by atoms with Gasteiger partial charge in [-0.3, -0.25) is 0 Å². The number of benzene rings is 2. The summed E-state index contributed by atoms with van der Waals surface area (Å²) < 4.78 is 18.7. The van der Waals surface area contributed by atoms with E-state index in [9.17, 15) is 14.0 Å². The lowest BCUT2D eigenvalue weighted by molar-refractivity contribution is -0.134. The second kappa shape index (κ2) is 15.3. The van der Waals surface area contributed by atoms with Gasteiger partial charge in [-0.1, -0.05) is 42.1 Å². The second-order valence-electron chi connectivity index (χ2n) is 9.04. The van der Waals surface area contributed by atoms with E-state index in [2.05, 4.69) is 41.1 Å². The molecule has 0 radical (unpaired) electrons. The summed E-state index contributed by atoms with van der Waals surface area (Å²) in [5.41, 5.74) is 3.47. The molecule has 2 aromatic rings. The van der Waals surface area contributed by atoms with E-state index in [0.29, 0.717) is 24.8 Å². The normalized spacial score (nSPS) is 15.8. The van der Waals surface area contributed by atoms with E-state index in [1.807, 2.05) is 11.8 Å². The molecule has 0 atom stereocenters. The fourth-order valence-electron chi connectivity index (χ4n) is 4.19. The lowest BCUT2D eigenvalue weighted by Gasteiger charge is -2.38. The van der Waals surface area contributed by atoms with Gasteiger partial charge in [0.1, 0.15) is 5.82 Å². The number of para-hydroxylation sites is 1. The molecule has 2 aromatic carbocycles. The third kappa shape index (κ3) is 9.92. The number of likely N-dealkylation sites (tertiary alicyclic amines) is 1. The number of amidine groups is 1. The Morgan fingerprint density at radius 2 is 1.76 bits per heavy atom. The van der Waals surface area contributed by atoms with Gasteiger partial charge in [-0.15, -0.1) is 0 Å². The molecule has 2 N–H and O–H groups in total. The van der Waals surface area contributed by atoms with Crippen molar-refractivity contribution in [1.82, 2.24) is 9.80 Å². The predicted molar refractivity (Wildman–Crippen MR) is 147 cm³/mol. The number of piperidine rings is 1. The van der Waals surface area contributed by atoms with Gasteiger partial charge in [0.25, 0.3) is 0 Å². The van der Waals surface area contributed by atoms with Crippen LogP contribution in [0.3, 0.4) is 0 Å². The fraction of sp³-hybridized carbons (Fsp3) is 0.393. The van der Waals surface area contributed by atoms with Gasteiger partial charge in [0.05, 0.1) is 12.3 Å². The summed E-state index contributed by atoms with van der Waals surface area (Å²) in [5.74, 6) is -1.71. The monoisotopic (exact) mass is 543 g/mol. The highest BCUT2D eigenvalue weighted by atomic mass is 32.2. The number of hydrogen-bond donors (Lipinski definition) is 2. The second-order valence-corrected chi connectivity index (χ2v) is 9.98. The summed E-state index contributed by atoms with van der Waals surface area (Å²) in [6, 6.07) is 15.5. The molecule has 4 rings (SSSR count). The lowest BCUT2D eigenvalue weighted by atomic mass is 10.0. The topological polar surface area (TPSA) is 103 Å². The molecule has 0 bridgehead atoms. The quantitative estimate of drug-likeness (QED) is 0.344. The number of thioether (sulfide) groups is 1. The number of carboxylic acids is 2. The SMILES string of the molecule is CN(C1=Nc2ccccc2CS1)C1CCN(CCCOCc2ccc(F)cc2)CC1.O=C(O)C=CC(=O)O. The zero-order valence-electron chi connectivity index (χ0n) is 21.5. The van der Waals surface area contributed by atoms with Gasteiger partial charge < -0.3 is 24.7 Å². The van der Waals surface area contributed by atoms with Crippen LogP contribution >= 0.6 is 11.8 Å². The first-order valence-electron chi connectivity index (χ1n) is 12.5. The highest BCUT2D eigenvalue weighted by Crippen LogP contribution is 2.32. The van der Waals surface area contributed by atoms with Crippen LogP contribution in [0.15, 0.2) is 65.7 Å². The van der Waals surface area contributed by atoms with Crippen molar-refractivity contribution in [3.8, 4) is 0 Å². The number of rotatable bonds is 9. The summed E-state index contributed by atoms with van der Waals surface area (Å²) in [5, 5.41) is 16.8. The Balaban J connectivity index is 0.000000436. The van der Waals surface area contributed by atoms with Crippen LogP contribution in [0.1, 0.15) is 30.4 Å². The third-order valence-electron chi connectivity index (χ3n) is 6.28. The van der Waals surface area contributed by atoms with Crippen molar-refractivity contribution in [2.75, 3.05) is 33.3 Å². The Bertz CT molecular complexity index is 1100. The Labute approximate surface area is 226 Å². The van der Waals surface area contributed by atoms with Gasteiger partial charge in [0, 0.05) is 57.2 Å². The van der Waals surface area contributed by atoms with E-state index >= 15 is 0 Å². The van der Waals surface area contributed by atoms with Crippen LogP contribution in [0.2, 0.25) is 0 Å². The molecule has 8 nitrogen and oxygen atoms in total. The minimum atomic E-state index is -1.26. The maximum atomic E-state index is 12.9. The zero-order chi connectivity index (χ0) is 27.3. The number of carbonyl (C=O) groups is 2. The number of fused-ring (bicyclic) bond motifs is 1. The average molecular weight is 544 g/mol. The van der Waals surface area contributed by atoms with Crippen molar-refractivity contribution >= 4 is 34.6 Å². The number of carboxylic acid groups (broad SMARTS) is 2. The van der Waals surface area contributed by atoms with Crippen LogP contribution in [0, 0.1) is 5.82 Å². The van der Waals surface area contributed by atoms with Gasteiger partial charge >= 0.3 is 11.9 Å². The van der Waals surface area contributed by atoms with Gasteiger partial charge in [0.15, 0.2) is 5.17 Å². The molecule has 0 unspecified atom stereocenters. The molecule has 0 aromatic heterocycles. The predicted octanol–water partition coefficient (Wildman–Crippen LogP) is 4.77. The van der Waals surface area contributed by atoms with Gasteiger partial charge in [-0.2, -0.15) is 0 Å². The molecule has 10 heteroatoms. The molecule has 0 saturated carbocycles. The van der Waals surface area contributed by atoms with E-state index in [0.717, 1.165) is 54.8 Å². The Kier molecular flexibility index (Phi) is 11.8. The number of nitrogens with zero attached hydrogens (tertiary/aromatic N) is 3. The first-order valence-corrected chi connectivity index (χ1v) is 13.5. The van der Waals surface area contributed by atoms with E-state index < -0.39 is 11.9 Å². The van der Waals surface area contributed by atoms with Crippen molar-refractivity contribution in [3.05, 3.63) is 77.6 Å². The largest absolute Gasteiger partial charge is 0.478 e. The summed E-state index contributed by atoms with van der Waals surface area (Å²) in [4.78, 5) is 28.9. The van der Waals surface area contributed by atoms with Crippen molar-refractivity contribution < 1.29 is 28.9 Å².